The summed E-state index contributed by atoms with van der Waals surface area (Å²) in [6.45, 7) is 6.76. The van der Waals surface area contributed by atoms with Gasteiger partial charge in [-0.25, -0.2) is 5.43 Å². The van der Waals surface area contributed by atoms with Gasteiger partial charge in [-0.2, -0.15) is 10.2 Å². The van der Waals surface area contributed by atoms with Crippen LogP contribution in [0.3, 0.4) is 0 Å². The number of aryl methyl sites for hydroxylation is 2. The third-order valence-corrected chi connectivity index (χ3v) is 5.06. The van der Waals surface area contributed by atoms with Crippen LogP contribution in [0.25, 0.3) is 0 Å². The molecule has 3 rings (SSSR count). The zero-order chi connectivity index (χ0) is 18.5. The average Bonchev–Trinajstić information content (AvgIpc) is 3.20. The van der Waals surface area contributed by atoms with Crippen molar-refractivity contribution >= 4 is 23.5 Å². The van der Waals surface area contributed by atoms with E-state index in [0.717, 1.165) is 21.8 Å². The van der Waals surface area contributed by atoms with Gasteiger partial charge in [-0.1, -0.05) is 35.9 Å². The summed E-state index contributed by atoms with van der Waals surface area (Å²) in [7, 11) is 0. The molecule has 1 N–H and O–H groups in total. The molecule has 134 valence electrons. The van der Waals surface area contributed by atoms with Crippen molar-refractivity contribution in [3.8, 4) is 0 Å². The van der Waals surface area contributed by atoms with E-state index in [1.807, 2.05) is 36.0 Å². The maximum atomic E-state index is 11.9. The molecule has 0 radical (unpaired) electrons. The van der Waals surface area contributed by atoms with E-state index in [0.29, 0.717) is 13.0 Å². The second kappa shape index (κ2) is 8.10. The summed E-state index contributed by atoms with van der Waals surface area (Å²) in [6.07, 6.45) is 2.02. The Kier molecular flexibility index (Phi) is 5.63. The predicted octanol–water partition coefficient (Wildman–Crippen LogP) is 3.61. The van der Waals surface area contributed by atoms with Crippen LogP contribution in [0.4, 0.5) is 0 Å². The monoisotopic (exact) mass is 366 g/mol. The predicted molar refractivity (Wildman–Crippen MR) is 106 cm³/mol. The van der Waals surface area contributed by atoms with Crippen LogP contribution < -0.4 is 5.43 Å². The summed E-state index contributed by atoms with van der Waals surface area (Å²) in [5, 5.41) is 10.7. The lowest BCUT2D eigenvalue weighted by atomic mass is 10.1. The van der Waals surface area contributed by atoms with Crippen molar-refractivity contribution in [3.05, 3.63) is 74.7 Å². The van der Waals surface area contributed by atoms with Crippen molar-refractivity contribution in [2.24, 2.45) is 5.10 Å². The molecule has 0 unspecified atom stereocenters. The molecule has 0 aliphatic carbocycles. The van der Waals surface area contributed by atoms with Gasteiger partial charge in [0.25, 0.3) is 0 Å². The Morgan fingerprint density at radius 3 is 2.69 bits per heavy atom. The molecule has 2 heterocycles. The van der Waals surface area contributed by atoms with Gasteiger partial charge in [0.05, 0.1) is 24.9 Å². The second-order valence-corrected chi connectivity index (χ2v) is 7.31. The normalized spacial score (nSPS) is 11.2. The summed E-state index contributed by atoms with van der Waals surface area (Å²) >= 11 is 1.56. The van der Waals surface area contributed by atoms with Crippen LogP contribution >= 0.6 is 11.3 Å². The van der Waals surface area contributed by atoms with Crippen molar-refractivity contribution < 1.29 is 4.79 Å². The third-order valence-electron chi connectivity index (χ3n) is 4.19. The van der Waals surface area contributed by atoms with Crippen LogP contribution in [0.15, 0.2) is 46.9 Å². The first-order valence-corrected chi connectivity index (χ1v) is 9.34. The standard InChI is InChI=1S/C20H22N4OS/c1-14-6-8-17(9-7-14)13-24-16(3)19(15(2)23-24)12-21-22-20(25)11-18-5-4-10-26-18/h4-10,12H,11,13H2,1-3H3,(H,22,25)/b21-12+. The van der Waals surface area contributed by atoms with Gasteiger partial charge in [-0.05, 0) is 37.8 Å². The van der Waals surface area contributed by atoms with E-state index in [2.05, 4.69) is 46.8 Å². The molecule has 3 aromatic rings. The summed E-state index contributed by atoms with van der Waals surface area (Å²) in [6, 6.07) is 12.3. The first kappa shape index (κ1) is 18.1. The number of amides is 1. The van der Waals surface area contributed by atoms with Gasteiger partial charge < -0.3 is 0 Å². The topological polar surface area (TPSA) is 59.3 Å². The van der Waals surface area contributed by atoms with Crippen molar-refractivity contribution in [2.45, 2.75) is 33.7 Å². The third kappa shape index (κ3) is 4.46. The zero-order valence-corrected chi connectivity index (χ0v) is 16.0. The number of hydrazone groups is 1. The highest BCUT2D eigenvalue weighted by molar-refractivity contribution is 7.10. The van der Waals surface area contributed by atoms with Gasteiger partial charge in [-0.15, -0.1) is 11.3 Å². The summed E-state index contributed by atoms with van der Waals surface area (Å²) in [5.74, 6) is -0.119. The van der Waals surface area contributed by atoms with Gasteiger partial charge in [0.1, 0.15) is 0 Å². The van der Waals surface area contributed by atoms with Crippen LogP contribution in [-0.2, 0) is 17.8 Å². The number of thiophene rings is 1. The first-order chi connectivity index (χ1) is 12.5. The number of hydrogen-bond donors (Lipinski definition) is 1. The Balaban J connectivity index is 1.65. The lowest BCUT2D eigenvalue weighted by Crippen LogP contribution is -2.19. The highest BCUT2D eigenvalue weighted by atomic mass is 32.1. The number of benzene rings is 1. The highest BCUT2D eigenvalue weighted by Gasteiger charge is 2.10. The van der Waals surface area contributed by atoms with Crippen LogP contribution in [0, 0.1) is 20.8 Å². The van der Waals surface area contributed by atoms with E-state index in [1.54, 1.807) is 17.6 Å². The molecule has 1 aromatic carbocycles. The van der Waals surface area contributed by atoms with Gasteiger partial charge in [-0.3, -0.25) is 9.48 Å². The Morgan fingerprint density at radius 2 is 2.00 bits per heavy atom. The van der Waals surface area contributed by atoms with Crippen LogP contribution in [0.1, 0.15) is 33.0 Å². The molecular weight excluding hydrogens is 344 g/mol. The Hall–Kier alpha value is -2.73. The molecule has 2 aromatic heterocycles. The molecule has 0 aliphatic rings. The minimum absolute atomic E-state index is 0.119. The van der Waals surface area contributed by atoms with E-state index in [9.17, 15) is 4.79 Å². The van der Waals surface area contributed by atoms with Gasteiger partial charge >= 0.3 is 0 Å². The quantitative estimate of drug-likeness (QED) is 0.535. The fourth-order valence-corrected chi connectivity index (χ4v) is 3.40. The fraction of sp³-hybridized carbons (Fsp3) is 0.250. The molecule has 5 nitrogen and oxygen atoms in total. The fourth-order valence-electron chi connectivity index (χ4n) is 2.70. The Morgan fingerprint density at radius 1 is 1.23 bits per heavy atom. The van der Waals surface area contributed by atoms with Crippen LogP contribution in [-0.4, -0.2) is 21.9 Å². The van der Waals surface area contributed by atoms with E-state index in [1.165, 1.54) is 11.1 Å². The highest BCUT2D eigenvalue weighted by Crippen LogP contribution is 2.13. The van der Waals surface area contributed by atoms with Crippen molar-refractivity contribution in [1.29, 1.82) is 0 Å². The average molecular weight is 366 g/mol. The van der Waals surface area contributed by atoms with E-state index in [4.69, 9.17) is 0 Å². The molecule has 26 heavy (non-hydrogen) atoms. The molecule has 0 bridgehead atoms. The van der Waals surface area contributed by atoms with Gasteiger partial charge in [0.15, 0.2) is 0 Å². The summed E-state index contributed by atoms with van der Waals surface area (Å²) in [5.41, 5.74) is 7.90. The largest absolute Gasteiger partial charge is 0.273 e. The molecule has 0 spiro atoms. The molecule has 0 aliphatic heterocycles. The number of aromatic nitrogens is 2. The van der Waals surface area contributed by atoms with Gasteiger partial charge in [0, 0.05) is 16.1 Å². The van der Waals surface area contributed by atoms with Crippen LogP contribution in [0.2, 0.25) is 0 Å². The number of nitrogens with zero attached hydrogens (tertiary/aromatic N) is 3. The van der Waals surface area contributed by atoms with E-state index < -0.39 is 0 Å². The summed E-state index contributed by atoms with van der Waals surface area (Å²) in [4.78, 5) is 12.9. The molecular formula is C20H22N4OS. The van der Waals surface area contributed by atoms with E-state index >= 15 is 0 Å². The Labute approximate surface area is 157 Å². The van der Waals surface area contributed by atoms with Crippen molar-refractivity contribution in [1.82, 2.24) is 15.2 Å². The van der Waals surface area contributed by atoms with E-state index in [-0.39, 0.29) is 5.91 Å². The second-order valence-electron chi connectivity index (χ2n) is 6.28. The minimum Gasteiger partial charge on any atom is -0.273 e. The number of hydrogen-bond acceptors (Lipinski definition) is 4. The number of carbonyl (C=O) groups excluding carboxylic acids is 1. The van der Waals surface area contributed by atoms with Crippen molar-refractivity contribution in [2.75, 3.05) is 0 Å². The lowest BCUT2D eigenvalue weighted by molar-refractivity contribution is -0.120. The minimum atomic E-state index is -0.119. The number of rotatable bonds is 6. The molecule has 6 heteroatoms. The zero-order valence-electron chi connectivity index (χ0n) is 15.2. The SMILES string of the molecule is Cc1ccc(Cn2nc(C)c(/C=N/NC(=O)Cc3cccs3)c2C)cc1. The number of carbonyl (C=O) groups is 1. The first-order valence-electron chi connectivity index (χ1n) is 8.47. The molecule has 0 atom stereocenters. The molecule has 0 saturated carbocycles. The van der Waals surface area contributed by atoms with Crippen molar-refractivity contribution in [3.63, 3.8) is 0 Å². The molecule has 0 fully saturated rings. The maximum Gasteiger partial charge on any atom is 0.245 e. The smallest absolute Gasteiger partial charge is 0.245 e. The molecule has 1 amide bonds. The van der Waals surface area contributed by atoms with Crippen LogP contribution in [0.5, 0.6) is 0 Å². The molecule has 0 saturated heterocycles. The lowest BCUT2D eigenvalue weighted by Gasteiger charge is -2.05. The summed E-state index contributed by atoms with van der Waals surface area (Å²) < 4.78 is 1.97. The maximum absolute atomic E-state index is 11.9. The number of nitrogens with one attached hydrogen (secondary N) is 1. The Bertz CT molecular complexity index is 908. The van der Waals surface area contributed by atoms with Gasteiger partial charge in [0.2, 0.25) is 5.91 Å².